The number of anilines is 1. The third-order valence-corrected chi connectivity index (χ3v) is 7.97. The summed E-state index contributed by atoms with van der Waals surface area (Å²) in [4.78, 5) is -0.243. The molecule has 3 aromatic rings. The number of hydrogen-bond acceptors (Lipinski definition) is 3. The second-order valence-corrected chi connectivity index (χ2v) is 11.6. The standard InChI is InChI=1S/C26H21Cl3F3NO3S/c1-17(2)16-33(37(35,36)24-15-21(28)9-12-23(24)29)22-10-5-19(6-11-22)25(34,26(30,31)32)14-13-18-3-7-20(27)8-4-18/h3-12,15,17,34H,16H2,1-2H3. The van der Waals surface area contributed by atoms with Crippen LogP contribution in [0.5, 0.6) is 0 Å². The average Bonchev–Trinajstić information content (AvgIpc) is 2.82. The fraction of sp³-hybridized carbons (Fsp3) is 0.231. The van der Waals surface area contributed by atoms with Crippen LogP contribution in [0.25, 0.3) is 0 Å². The zero-order valence-corrected chi connectivity index (χ0v) is 22.6. The minimum atomic E-state index is -5.15. The molecule has 37 heavy (non-hydrogen) atoms. The lowest BCUT2D eigenvalue weighted by atomic mass is 9.93. The number of nitrogens with zero attached hydrogens (tertiary/aromatic N) is 1. The molecule has 0 heterocycles. The predicted octanol–water partition coefficient (Wildman–Crippen LogP) is 7.30. The molecule has 0 fully saturated rings. The van der Waals surface area contributed by atoms with Crippen molar-refractivity contribution >= 4 is 50.5 Å². The van der Waals surface area contributed by atoms with Gasteiger partial charge in [-0.15, -0.1) is 0 Å². The smallest absolute Gasteiger partial charge is 0.366 e. The van der Waals surface area contributed by atoms with Crippen molar-refractivity contribution in [3.8, 4) is 11.8 Å². The average molecular weight is 591 g/mol. The first-order valence-corrected chi connectivity index (χ1v) is 13.4. The van der Waals surface area contributed by atoms with Crippen LogP contribution in [0.15, 0.2) is 71.6 Å². The normalized spacial score (nSPS) is 13.6. The van der Waals surface area contributed by atoms with Gasteiger partial charge in [-0.05, 0) is 66.4 Å². The highest BCUT2D eigenvalue weighted by Crippen LogP contribution is 2.40. The Bertz CT molecular complexity index is 1430. The summed E-state index contributed by atoms with van der Waals surface area (Å²) in [6.45, 7) is 3.57. The molecule has 0 aliphatic heterocycles. The largest absolute Gasteiger partial charge is 0.433 e. The lowest BCUT2D eigenvalue weighted by Gasteiger charge is -2.29. The summed E-state index contributed by atoms with van der Waals surface area (Å²) < 4.78 is 69.9. The van der Waals surface area contributed by atoms with Gasteiger partial charge in [0.15, 0.2) is 0 Å². The molecule has 1 unspecified atom stereocenters. The molecule has 0 saturated carbocycles. The van der Waals surface area contributed by atoms with Crippen LogP contribution in [0, 0.1) is 17.8 Å². The Hall–Kier alpha value is -2.41. The topological polar surface area (TPSA) is 57.6 Å². The number of rotatable bonds is 6. The Morgan fingerprint density at radius 3 is 2.03 bits per heavy atom. The van der Waals surface area contributed by atoms with E-state index in [0.29, 0.717) is 5.02 Å². The van der Waals surface area contributed by atoms with Gasteiger partial charge in [-0.2, -0.15) is 13.2 Å². The first kappa shape index (κ1) is 29.2. The van der Waals surface area contributed by atoms with Crippen molar-refractivity contribution in [1.29, 1.82) is 0 Å². The zero-order chi connectivity index (χ0) is 27.6. The van der Waals surface area contributed by atoms with Gasteiger partial charge in [0, 0.05) is 27.7 Å². The van der Waals surface area contributed by atoms with Crippen LogP contribution in [0.3, 0.4) is 0 Å². The molecule has 1 N–H and O–H groups in total. The Kier molecular flexibility index (Phi) is 8.78. The second kappa shape index (κ2) is 11.1. The van der Waals surface area contributed by atoms with E-state index in [2.05, 4.69) is 5.92 Å². The molecule has 3 rings (SSSR count). The van der Waals surface area contributed by atoms with E-state index in [0.717, 1.165) is 16.4 Å². The van der Waals surface area contributed by atoms with Crippen molar-refractivity contribution in [2.45, 2.75) is 30.5 Å². The molecule has 4 nitrogen and oxygen atoms in total. The number of hydrogen-bond donors (Lipinski definition) is 1. The van der Waals surface area contributed by atoms with Crippen LogP contribution in [-0.2, 0) is 15.6 Å². The van der Waals surface area contributed by atoms with Crippen molar-refractivity contribution < 1.29 is 26.7 Å². The van der Waals surface area contributed by atoms with Crippen LogP contribution in [0.2, 0.25) is 15.1 Å². The summed E-state index contributed by atoms with van der Waals surface area (Å²) in [5.41, 5.74) is -3.80. The molecule has 11 heteroatoms. The summed E-state index contributed by atoms with van der Waals surface area (Å²) in [6, 6.07) is 14.1. The van der Waals surface area contributed by atoms with Gasteiger partial charge in [-0.1, -0.05) is 66.7 Å². The van der Waals surface area contributed by atoms with Crippen molar-refractivity contribution in [2.24, 2.45) is 5.92 Å². The lowest BCUT2D eigenvalue weighted by molar-refractivity contribution is -0.240. The van der Waals surface area contributed by atoms with E-state index in [1.54, 1.807) is 13.8 Å². The summed E-state index contributed by atoms with van der Waals surface area (Å²) >= 11 is 17.9. The van der Waals surface area contributed by atoms with Gasteiger partial charge in [-0.25, -0.2) is 8.42 Å². The molecule has 0 aliphatic carbocycles. The van der Waals surface area contributed by atoms with E-state index in [4.69, 9.17) is 34.8 Å². The van der Waals surface area contributed by atoms with Gasteiger partial charge in [0.25, 0.3) is 10.0 Å². The number of sulfonamides is 1. The summed E-state index contributed by atoms with van der Waals surface area (Å²) in [5, 5.41) is 11.1. The summed E-state index contributed by atoms with van der Waals surface area (Å²) in [5.74, 6) is 4.09. The third kappa shape index (κ3) is 6.54. The first-order chi connectivity index (χ1) is 17.1. The van der Waals surface area contributed by atoms with E-state index in [1.807, 2.05) is 5.92 Å². The van der Waals surface area contributed by atoms with Crippen LogP contribution < -0.4 is 4.31 Å². The Balaban J connectivity index is 2.07. The molecule has 0 spiro atoms. The fourth-order valence-corrected chi connectivity index (χ4v) is 5.83. The van der Waals surface area contributed by atoms with E-state index in [9.17, 15) is 26.7 Å². The summed E-state index contributed by atoms with van der Waals surface area (Å²) in [6.07, 6.45) is -5.15. The van der Waals surface area contributed by atoms with E-state index in [1.165, 1.54) is 54.6 Å². The monoisotopic (exact) mass is 589 g/mol. The van der Waals surface area contributed by atoms with Crippen LogP contribution in [0.4, 0.5) is 18.9 Å². The quantitative estimate of drug-likeness (QED) is 0.307. The molecular weight excluding hydrogens is 570 g/mol. The maximum Gasteiger partial charge on any atom is 0.433 e. The van der Waals surface area contributed by atoms with E-state index < -0.39 is 27.4 Å². The van der Waals surface area contributed by atoms with Crippen molar-refractivity contribution in [3.63, 3.8) is 0 Å². The maximum atomic E-state index is 14.0. The maximum absolute atomic E-state index is 14.0. The predicted molar refractivity (Wildman–Crippen MR) is 141 cm³/mol. The third-order valence-electron chi connectivity index (χ3n) is 5.21. The minimum Gasteiger partial charge on any atom is -0.366 e. The van der Waals surface area contributed by atoms with Crippen LogP contribution >= 0.6 is 34.8 Å². The van der Waals surface area contributed by atoms with Crippen molar-refractivity contribution in [2.75, 3.05) is 10.8 Å². The molecule has 1 atom stereocenters. The number of benzene rings is 3. The van der Waals surface area contributed by atoms with Gasteiger partial charge in [0.2, 0.25) is 5.60 Å². The number of aliphatic hydroxyl groups is 1. The highest BCUT2D eigenvalue weighted by atomic mass is 35.5. The zero-order valence-electron chi connectivity index (χ0n) is 19.5. The molecule has 0 amide bonds. The van der Waals surface area contributed by atoms with Gasteiger partial charge in [0.1, 0.15) is 4.90 Å². The Morgan fingerprint density at radius 2 is 1.49 bits per heavy atom. The molecule has 0 radical (unpaired) electrons. The Morgan fingerprint density at radius 1 is 0.919 bits per heavy atom. The fourth-order valence-electron chi connectivity index (χ4n) is 3.34. The highest BCUT2D eigenvalue weighted by molar-refractivity contribution is 7.93. The number of halogens is 6. The first-order valence-electron chi connectivity index (χ1n) is 10.8. The summed E-state index contributed by atoms with van der Waals surface area (Å²) in [7, 11) is -4.24. The van der Waals surface area contributed by atoms with E-state index in [-0.39, 0.29) is 38.7 Å². The molecule has 196 valence electrons. The highest BCUT2D eigenvalue weighted by Gasteiger charge is 2.54. The van der Waals surface area contributed by atoms with Gasteiger partial charge < -0.3 is 5.11 Å². The van der Waals surface area contributed by atoms with Crippen LogP contribution in [0.1, 0.15) is 25.0 Å². The minimum absolute atomic E-state index is 0.00440. The molecular formula is C26H21Cl3F3NO3S. The number of alkyl halides is 3. The Labute approximate surface area is 228 Å². The lowest BCUT2D eigenvalue weighted by Crippen LogP contribution is -2.41. The van der Waals surface area contributed by atoms with Crippen molar-refractivity contribution in [3.05, 3.63) is 92.9 Å². The molecule has 0 saturated heterocycles. The van der Waals surface area contributed by atoms with Crippen LogP contribution in [-0.4, -0.2) is 26.2 Å². The van der Waals surface area contributed by atoms with Crippen molar-refractivity contribution in [1.82, 2.24) is 0 Å². The molecule has 0 bridgehead atoms. The SMILES string of the molecule is CC(C)CN(c1ccc(C(O)(C#Cc2ccc(Cl)cc2)C(F)(F)F)cc1)S(=O)(=O)c1cc(Cl)ccc1Cl. The van der Waals surface area contributed by atoms with Gasteiger partial charge >= 0.3 is 6.18 Å². The van der Waals surface area contributed by atoms with E-state index >= 15 is 0 Å². The second-order valence-electron chi connectivity index (χ2n) is 8.52. The molecule has 0 aromatic heterocycles. The molecule has 0 aliphatic rings. The van der Waals surface area contributed by atoms with Gasteiger partial charge in [-0.3, -0.25) is 4.31 Å². The van der Waals surface area contributed by atoms with Gasteiger partial charge in [0.05, 0.1) is 10.7 Å². The molecule has 3 aromatic carbocycles.